The third-order valence-corrected chi connectivity index (χ3v) is 2.43. The Hall–Kier alpha value is -2.69. The molecule has 0 atom stereocenters. The van der Waals surface area contributed by atoms with Crippen LogP contribution in [-0.4, -0.2) is 12.4 Å². The lowest BCUT2D eigenvalue weighted by Gasteiger charge is -2.10. The molecule has 1 N–H and O–H groups in total. The minimum Gasteiger partial charge on any atom is -0.392 e. The van der Waals surface area contributed by atoms with Crippen LogP contribution in [0, 0.1) is 5.82 Å². The molecule has 0 saturated carbocycles. The van der Waals surface area contributed by atoms with E-state index in [4.69, 9.17) is 0 Å². The van der Waals surface area contributed by atoms with Crippen LogP contribution >= 0.6 is 0 Å². The van der Waals surface area contributed by atoms with Crippen molar-refractivity contribution in [3.05, 3.63) is 59.9 Å². The molecule has 0 aromatic heterocycles. The first kappa shape index (κ1) is 12.8. The number of benzene rings is 2. The van der Waals surface area contributed by atoms with Crippen molar-refractivity contribution in [3.8, 4) is 0 Å². The van der Waals surface area contributed by atoms with Crippen LogP contribution in [-0.2, 0) is 9.53 Å². The Balaban J connectivity index is 2.27. The third-order valence-electron chi connectivity index (χ3n) is 2.43. The summed E-state index contributed by atoms with van der Waals surface area (Å²) in [7, 11) is 0. The van der Waals surface area contributed by atoms with Crippen molar-refractivity contribution in [2.24, 2.45) is 0 Å². The molecule has 0 amide bonds. The molecule has 0 saturated heterocycles. The van der Waals surface area contributed by atoms with Gasteiger partial charge in [0.25, 0.3) is 0 Å². The monoisotopic (exact) mass is 259 g/mol. The van der Waals surface area contributed by atoms with Crippen LogP contribution in [0.2, 0.25) is 0 Å². The van der Waals surface area contributed by atoms with Crippen LogP contribution < -0.4 is 5.32 Å². The summed E-state index contributed by atoms with van der Waals surface area (Å²) in [6.07, 6.45) is 0. The number of hydrogen-bond acceptors (Lipinski definition) is 4. The molecule has 96 valence electrons. The Labute approximate surface area is 108 Å². The topological polar surface area (TPSA) is 55.4 Å². The second-order valence-electron chi connectivity index (χ2n) is 3.68. The van der Waals surface area contributed by atoms with Gasteiger partial charge in [-0.2, -0.15) is 0 Å². The zero-order valence-electron chi connectivity index (χ0n) is 9.80. The molecule has 2 aromatic rings. The first-order valence-corrected chi connectivity index (χ1v) is 5.47. The van der Waals surface area contributed by atoms with Gasteiger partial charge in [0.05, 0.1) is 11.3 Å². The molecule has 0 aliphatic carbocycles. The van der Waals surface area contributed by atoms with Gasteiger partial charge in [-0.05, 0) is 36.4 Å². The highest BCUT2D eigenvalue weighted by molar-refractivity contribution is 5.99. The number of hydrogen-bond donors (Lipinski definition) is 1. The smallest absolute Gasteiger partial charge is 0.347 e. The number of halogens is 1. The zero-order valence-corrected chi connectivity index (χ0v) is 9.80. The van der Waals surface area contributed by atoms with Gasteiger partial charge in [-0.1, -0.05) is 12.1 Å². The van der Waals surface area contributed by atoms with Crippen molar-refractivity contribution >= 4 is 23.8 Å². The number of anilines is 2. The zero-order chi connectivity index (χ0) is 13.7. The van der Waals surface area contributed by atoms with Crippen molar-refractivity contribution in [2.45, 2.75) is 0 Å². The lowest BCUT2D eigenvalue weighted by atomic mass is 10.1. The summed E-state index contributed by atoms with van der Waals surface area (Å²) in [6.45, 7) is 0.0804. The lowest BCUT2D eigenvalue weighted by molar-refractivity contribution is -0.123. The molecule has 0 heterocycles. The van der Waals surface area contributed by atoms with Crippen LogP contribution in [0.15, 0.2) is 48.5 Å². The van der Waals surface area contributed by atoms with Gasteiger partial charge in [0.1, 0.15) is 5.82 Å². The summed E-state index contributed by atoms with van der Waals surface area (Å²) < 4.78 is 17.1. The maximum Gasteiger partial charge on any atom is 0.347 e. The van der Waals surface area contributed by atoms with E-state index in [0.717, 1.165) is 0 Å². The van der Waals surface area contributed by atoms with E-state index in [2.05, 4.69) is 10.1 Å². The molecule has 5 heteroatoms. The number of carbonyl (C=O) groups is 2. The molecule has 2 rings (SSSR count). The summed E-state index contributed by atoms with van der Waals surface area (Å²) >= 11 is 0. The average molecular weight is 259 g/mol. The Morgan fingerprint density at radius 1 is 1.11 bits per heavy atom. The number of carbonyl (C=O) groups excluding carboxylic acids is 2. The van der Waals surface area contributed by atoms with Crippen molar-refractivity contribution in [1.82, 2.24) is 0 Å². The molecule has 0 unspecified atom stereocenters. The highest BCUT2D eigenvalue weighted by atomic mass is 19.1. The van der Waals surface area contributed by atoms with E-state index in [1.807, 2.05) is 0 Å². The number of esters is 1. The molecule has 0 aliphatic heterocycles. The Morgan fingerprint density at radius 3 is 2.47 bits per heavy atom. The molecule has 19 heavy (non-hydrogen) atoms. The largest absolute Gasteiger partial charge is 0.392 e. The predicted molar refractivity (Wildman–Crippen MR) is 67.6 cm³/mol. The fraction of sp³-hybridized carbons (Fsp3) is 0. The summed E-state index contributed by atoms with van der Waals surface area (Å²) in [6, 6.07) is 12.2. The Kier molecular flexibility index (Phi) is 3.87. The summed E-state index contributed by atoms with van der Waals surface area (Å²) in [5, 5.41) is 2.96. The van der Waals surface area contributed by atoms with Crippen LogP contribution in [0.1, 0.15) is 10.4 Å². The minimum absolute atomic E-state index is 0.0804. The number of rotatable bonds is 4. The third kappa shape index (κ3) is 3.16. The SMILES string of the molecule is O=COC(=O)c1ccccc1Nc1ccc(F)cc1. The summed E-state index contributed by atoms with van der Waals surface area (Å²) in [5.74, 6) is -1.10. The quantitative estimate of drug-likeness (QED) is 0.521. The Morgan fingerprint density at radius 2 is 1.79 bits per heavy atom. The summed E-state index contributed by atoms with van der Waals surface area (Å²) in [5.41, 5.74) is 1.31. The van der Waals surface area contributed by atoms with Crippen LogP contribution in [0.5, 0.6) is 0 Å². The van der Waals surface area contributed by atoms with Crippen LogP contribution in [0.25, 0.3) is 0 Å². The van der Waals surface area contributed by atoms with E-state index >= 15 is 0 Å². The first-order chi connectivity index (χ1) is 9.20. The fourth-order valence-corrected chi connectivity index (χ4v) is 1.57. The summed E-state index contributed by atoms with van der Waals surface area (Å²) in [4.78, 5) is 21.7. The molecular formula is C14H10FNO3. The van der Waals surface area contributed by atoms with E-state index in [9.17, 15) is 14.0 Å². The van der Waals surface area contributed by atoms with Crippen LogP contribution in [0.3, 0.4) is 0 Å². The first-order valence-electron chi connectivity index (χ1n) is 5.47. The number of nitrogens with one attached hydrogen (secondary N) is 1. The second kappa shape index (κ2) is 5.77. The van der Waals surface area contributed by atoms with Crippen molar-refractivity contribution in [3.63, 3.8) is 0 Å². The van der Waals surface area contributed by atoms with Gasteiger partial charge in [-0.15, -0.1) is 0 Å². The van der Waals surface area contributed by atoms with Gasteiger partial charge < -0.3 is 10.1 Å². The minimum atomic E-state index is -0.750. The van der Waals surface area contributed by atoms with Gasteiger partial charge >= 0.3 is 12.4 Å². The standard InChI is InChI=1S/C14H10FNO3/c15-10-5-7-11(8-6-10)16-13-4-2-1-3-12(13)14(18)19-9-17/h1-9,16H. The Bertz CT molecular complexity index is 596. The number of ether oxygens (including phenoxy) is 1. The van der Waals surface area contributed by atoms with Gasteiger partial charge in [0.2, 0.25) is 0 Å². The molecule has 0 bridgehead atoms. The van der Waals surface area contributed by atoms with Crippen LogP contribution in [0.4, 0.5) is 15.8 Å². The van der Waals surface area contributed by atoms with E-state index in [1.54, 1.807) is 18.2 Å². The van der Waals surface area contributed by atoms with Gasteiger partial charge in [-0.25, -0.2) is 9.18 Å². The molecule has 2 aromatic carbocycles. The molecule has 0 fully saturated rings. The molecule has 0 spiro atoms. The van der Waals surface area contributed by atoms with E-state index in [0.29, 0.717) is 11.4 Å². The normalized spacial score (nSPS) is 9.74. The highest BCUT2D eigenvalue weighted by Gasteiger charge is 2.12. The highest BCUT2D eigenvalue weighted by Crippen LogP contribution is 2.21. The number of para-hydroxylation sites is 1. The van der Waals surface area contributed by atoms with E-state index in [-0.39, 0.29) is 17.9 Å². The predicted octanol–water partition coefficient (Wildman–Crippen LogP) is 2.88. The van der Waals surface area contributed by atoms with Crippen molar-refractivity contribution < 1.29 is 18.7 Å². The molecular weight excluding hydrogens is 249 g/mol. The second-order valence-corrected chi connectivity index (χ2v) is 3.68. The average Bonchev–Trinajstić information content (AvgIpc) is 2.42. The molecule has 0 aliphatic rings. The van der Waals surface area contributed by atoms with Gasteiger partial charge in [0, 0.05) is 5.69 Å². The molecule has 4 nitrogen and oxygen atoms in total. The fourth-order valence-electron chi connectivity index (χ4n) is 1.57. The van der Waals surface area contributed by atoms with Gasteiger partial charge in [-0.3, -0.25) is 4.79 Å². The molecule has 0 radical (unpaired) electrons. The van der Waals surface area contributed by atoms with E-state index < -0.39 is 5.97 Å². The van der Waals surface area contributed by atoms with Gasteiger partial charge in [0.15, 0.2) is 0 Å². The van der Waals surface area contributed by atoms with E-state index in [1.165, 1.54) is 30.3 Å². The maximum absolute atomic E-state index is 12.8. The van der Waals surface area contributed by atoms with Crippen molar-refractivity contribution in [2.75, 3.05) is 5.32 Å². The maximum atomic E-state index is 12.8. The lowest BCUT2D eigenvalue weighted by Crippen LogP contribution is -2.06. The van der Waals surface area contributed by atoms with Crippen molar-refractivity contribution in [1.29, 1.82) is 0 Å².